The van der Waals surface area contributed by atoms with Gasteiger partial charge in [0.2, 0.25) is 5.91 Å². The minimum Gasteiger partial charge on any atom is -0.323 e. The lowest BCUT2D eigenvalue weighted by Gasteiger charge is -2.14. The molecule has 2 aromatic carbocycles. The molecule has 2 amide bonds. The van der Waals surface area contributed by atoms with Gasteiger partial charge < -0.3 is 5.32 Å². The lowest BCUT2D eigenvalue weighted by atomic mass is 10.1. The summed E-state index contributed by atoms with van der Waals surface area (Å²) in [6, 6.07) is 14.6. The van der Waals surface area contributed by atoms with E-state index in [4.69, 9.17) is 35.4 Å². The summed E-state index contributed by atoms with van der Waals surface area (Å²) >= 11 is 18.4. The maximum absolute atomic E-state index is 12.7. The van der Waals surface area contributed by atoms with Gasteiger partial charge in [-0.3, -0.25) is 14.5 Å². The molecule has 0 atom stereocenters. The minimum absolute atomic E-state index is 0.192. The number of allylic oxidation sites excluding steroid dienone is 2. The smallest absolute Gasteiger partial charge is 0.266 e. The summed E-state index contributed by atoms with van der Waals surface area (Å²) in [6.07, 6.45) is 3.75. The van der Waals surface area contributed by atoms with Crippen molar-refractivity contribution in [3.8, 4) is 0 Å². The Kier molecular flexibility index (Phi) is 7.14. The van der Waals surface area contributed by atoms with Crippen molar-refractivity contribution in [3.05, 3.63) is 80.7 Å². The first-order valence-electron chi connectivity index (χ1n) is 8.57. The predicted molar refractivity (Wildman–Crippen MR) is 125 cm³/mol. The van der Waals surface area contributed by atoms with Gasteiger partial charge in [-0.05, 0) is 42.3 Å². The van der Waals surface area contributed by atoms with Crippen LogP contribution in [0.2, 0.25) is 10.0 Å². The number of thiocarbonyl (C=S) groups is 1. The molecule has 0 aromatic heterocycles. The SMILES string of the molecule is CC(=Cc1ccccc1)C=C1SC(=S)N(CC(=O)Nc2ccc(Cl)cc2Cl)C1=O. The van der Waals surface area contributed by atoms with Crippen LogP contribution in [0.3, 0.4) is 0 Å². The van der Waals surface area contributed by atoms with Crippen molar-refractivity contribution in [1.29, 1.82) is 0 Å². The highest BCUT2D eigenvalue weighted by molar-refractivity contribution is 8.26. The van der Waals surface area contributed by atoms with Crippen LogP contribution >= 0.6 is 47.2 Å². The second kappa shape index (κ2) is 9.59. The Bertz CT molecular complexity index is 1040. The van der Waals surface area contributed by atoms with E-state index in [0.29, 0.717) is 25.0 Å². The number of hydrogen-bond acceptors (Lipinski definition) is 4. The van der Waals surface area contributed by atoms with E-state index in [2.05, 4.69) is 5.32 Å². The van der Waals surface area contributed by atoms with Crippen molar-refractivity contribution in [3.63, 3.8) is 0 Å². The molecule has 1 aliphatic heterocycles. The van der Waals surface area contributed by atoms with Gasteiger partial charge >= 0.3 is 0 Å². The van der Waals surface area contributed by atoms with Gasteiger partial charge in [0.1, 0.15) is 10.9 Å². The number of carbonyl (C=O) groups is 2. The number of amides is 2. The molecule has 0 bridgehead atoms. The number of anilines is 1. The highest BCUT2D eigenvalue weighted by atomic mass is 35.5. The molecule has 148 valence electrons. The third-order valence-corrected chi connectivity index (χ3v) is 5.86. The summed E-state index contributed by atoms with van der Waals surface area (Å²) in [5, 5.41) is 3.45. The molecule has 3 rings (SSSR count). The number of benzene rings is 2. The second-order valence-electron chi connectivity index (χ2n) is 6.24. The van der Waals surface area contributed by atoms with Crippen molar-refractivity contribution in [2.45, 2.75) is 6.92 Å². The van der Waals surface area contributed by atoms with E-state index in [9.17, 15) is 9.59 Å². The molecule has 2 aromatic rings. The van der Waals surface area contributed by atoms with Crippen molar-refractivity contribution < 1.29 is 9.59 Å². The summed E-state index contributed by atoms with van der Waals surface area (Å²) in [4.78, 5) is 26.8. The molecule has 0 saturated carbocycles. The number of halogens is 2. The lowest BCUT2D eigenvalue weighted by Crippen LogP contribution is -2.36. The fourth-order valence-corrected chi connectivity index (χ4v) is 4.38. The summed E-state index contributed by atoms with van der Waals surface area (Å²) in [7, 11) is 0. The molecule has 0 radical (unpaired) electrons. The zero-order valence-electron chi connectivity index (χ0n) is 15.3. The maximum atomic E-state index is 12.7. The Morgan fingerprint density at radius 3 is 2.62 bits per heavy atom. The summed E-state index contributed by atoms with van der Waals surface area (Å²) in [5.74, 6) is -0.693. The van der Waals surface area contributed by atoms with Gasteiger partial charge in [0.25, 0.3) is 5.91 Å². The first-order valence-corrected chi connectivity index (χ1v) is 10.5. The number of rotatable bonds is 5. The average molecular weight is 463 g/mol. The maximum Gasteiger partial charge on any atom is 0.266 e. The van der Waals surface area contributed by atoms with Crippen molar-refractivity contribution >= 4 is 75.1 Å². The van der Waals surface area contributed by atoms with E-state index >= 15 is 0 Å². The largest absolute Gasteiger partial charge is 0.323 e. The molecule has 4 nitrogen and oxygen atoms in total. The molecule has 0 unspecified atom stereocenters. The number of thioether (sulfide) groups is 1. The highest BCUT2D eigenvalue weighted by Gasteiger charge is 2.33. The fraction of sp³-hybridized carbons (Fsp3) is 0.0952. The Balaban J connectivity index is 1.68. The van der Waals surface area contributed by atoms with Gasteiger partial charge in [0.05, 0.1) is 15.6 Å². The zero-order valence-corrected chi connectivity index (χ0v) is 18.5. The highest BCUT2D eigenvalue weighted by Crippen LogP contribution is 2.32. The molecule has 0 aliphatic carbocycles. The van der Waals surface area contributed by atoms with Crippen LogP contribution in [0.25, 0.3) is 6.08 Å². The van der Waals surface area contributed by atoms with E-state index < -0.39 is 5.91 Å². The molecule has 29 heavy (non-hydrogen) atoms. The molecule has 0 spiro atoms. The van der Waals surface area contributed by atoms with Gasteiger partial charge in [-0.15, -0.1) is 0 Å². The van der Waals surface area contributed by atoms with Crippen LogP contribution in [-0.4, -0.2) is 27.6 Å². The zero-order chi connectivity index (χ0) is 21.0. The summed E-state index contributed by atoms with van der Waals surface area (Å²) < 4.78 is 0.339. The number of nitrogens with zero attached hydrogens (tertiary/aromatic N) is 1. The van der Waals surface area contributed by atoms with Gasteiger partial charge in [-0.1, -0.05) is 83.6 Å². The van der Waals surface area contributed by atoms with Crippen molar-refractivity contribution in [1.82, 2.24) is 4.90 Å². The monoisotopic (exact) mass is 462 g/mol. The molecule has 1 N–H and O–H groups in total. The van der Waals surface area contributed by atoms with Crippen LogP contribution in [0.15, 0.2) is 65.1 Å². The van der Waals surface area contributed by atoms with Gasteiger partial charge in [-0.2, -0.15) is 0 Å². The summed E-state index contributed by atoms with van der Waals surface area (Å²) in [5.41, 5.74) is 2.37. The molecule has 1 fully saturated rings. The standard InChI is InChI=1S/C21H16Cl2N2O2S2/c1-13(9-14-5-3-2-4-6-14)10-18-20(27)25(21(28)29-18)12-19(26)24-17-8-7-15(22)11-16(17)23/h2-11H,12H2,1H3,(H,24,26). The van der Waals surface area contributed by atoms with E-state index in [1.165, 1.54) is 22.7 Å². The molecule has 8 heteroatoms. The van der Waals surface area contributed by atoms with Gasteiger partial charge in [0.15, 0.2) is 0 Å². The Labute approximate surface area is 188 Å². The van der Waals surface area contributed by atoms with E-state index in [-0.39, 0.29) is 12.5 Å². The molecule has 1 saturated heterocycles. The predicted octanol–water partition coefficient (Wildman–Crippen LogP) is 5.78. The lowest BCUT2D eigenvalue weighted by molar-refractivity contribution is -0.126. The van der Waals surface area contributed by atoms with Gasteiger partial charge in [-0.25, -0.2) is 0 Å². The van der Waals surface area contributed by atoms with Crippen LogP contribution in [0.4, 0.5) is 5.69 Å². The number of carbonyl (C=O) groups excluding carboxylic acids is 2. The second-order valence-corrected chi connectivity index (χ2v) is 8.76. The average Bonchev–Trinajstić information content (AvgIpc) is 2.92. The van der Waals surface area contributed by atoms with Crippen LogP contribution in [0.5, 0.6) is 0 Å². The van der Waals surface area contributed by atoms with Crippen molar-refractivity contribution in [2.75, 3.05) is 11.9 Å². The minimum atomic E-state index is -0.400. The van der Waals surface area contributed by atoms with E-state index in [1.54, 1.807) is 18.2 Å². The first-order chi connectivity index (χ1) is 13.8. The van der Waals surface area contributed by atoms with Crippen molar-refractivity contribution in [2.24, 2.45) is 0 Å². The van der Waals surface area contributed by atoms with Crippen LogP contribution in [-0.2, 0) is 9.59 Å². The Morgan fingerprint density at radius 1 is 1.21 bits per heavy atom. The number of hydrogen-bond donors (Lipinski definition) is 1. The van der Waals surface area contributed by atoms with E-state index in [0.717, 1.165) is 11.1 Å². The summed E-state index contributed by atoms with van der Waals surface area (Å²) in [6.45, 7) is 1.72. The molecule has 1 heterocycles. The van der Waals surface area contributed by atoms with Crippen LogP contribution in [0, 0.1) is 0 Å². The Hall–Kier alpha value is -2.12. The van der Waals surface area contributed by atoms with Crippen LogP contribution in [0.1, 0.15) is 12.5 Å². The number of nitrogens with one attached hydrogen (secondary N) is 1. The normalized spacial score (nSPS) is 15.9. The third kappa shape index (κ3) is 5.70. The molecule has 1 aliphatic rings. The Morgan fingerprint density at radius 2 is 1.93 bits per heavy atom. The van der Waals surface area contributed by atoms with Gasteiger partial charge in [0, 0.05) is 5.02 Å². The topological polar surface area (TPSA) is 49.4 Å². The molecular weight excluding hydrogens is 447 g/mol. The van der Waals surface area contributed by atoms with Crippen LogP contribution < -0.4 is 5.32 Å². The fourth-order valence-electron chi connectivity index (χ4n) is 2.62. The molecular formula is C21H16Cl2N2O2S2. The quantitative estimate of drug-likeness (QED) is 0.451. The first kappa shape index (κ1) is 21.6. The third-order valence-electron chi connectivity index (χ3n) is 3.93. The van der Waals surface area contributed by atoms with E-state index in [1.807, 2.05) is 43.3 Å².